The summed E-state index contributed by atoms with van der Waals surface area (Å²) < 4.78 is 4.80. The van der Waals surface area contributed by atoms with E-state index < -0.39 is 37.3 Å². The smallest absolute Gasteiger partial charge is 0.195 e. The third-order valence-electron chi connectivity index (χ3n) is 2.09. The first-order valence-corrected chi connectivity index (χ1v) is 3.92. The summed E-state index contributed by atoms with van der Waals surface area (Å²) in [4.78, 5) is 2.33. The number of aliphatic hydroxyl groups excluding tert-OH is 3. The number of nitrogens with zero attached hydrogens (tertiary/aromatic N) is 3. The third-order valence-corrected chi connectivity index (χ3v) is 2.09. The third kappa shape index (κ3) is 1.80. The Kier molecular flexibility index (Phi) is 3.27. The van der Waals surface area contributed by atoms with Gasteiger partial charge < -0.3 is 25.2 Å². The molecule has 0 aromatic rings. The Morgan fingerprint density at radius 3 is 2.71 bits per heavy atom. The van der Waals surface area contributed by atoms with Crippen LogP contribution in [0.1, 0.15) is 0 Å². The first-order valence-electron chi connectivity index (χ1n) is 3.92. The van der Waals surface area contributed by atoms with Gasteiger partial charge >= 0.3 is 0 Å². The van der Waals surface area contributed by atoms with E-state index in [-0.39, 0.29) is 0 Å². The van der Waals surface area contributed by atoms with Gasteiger partial charge in [-0.3, -0.25) is 0 Å². The monoisotopic (exact) mass is 205 g/mol. The summed E-state index contributed by atoms with van der Waals surface area (Å²) in [5.41, 5.74) is 5.93. The minimum Gasteiger partial charge on any atom is -0.394 e. The molecule has 80 valence electrons. The number of ether oxygens (including phenoxy) is 1. The molecular formula is C6H11N3O5. The van der Waals surface area contributed by atoms with Crippen molar-refractivity contribution in [2.45, 2.75) is 24.0 Å². The second-order valence-electron chi connectivity index (χ2n) is 3.04. The fraction of sp³-hybridized carbons (Fsp3) is 1.00. The summed E-state index contributed by atoms with van der Waals surface area (Å²) in [5, 5.41) is 39.8. The summed E-state index contributed by atoms with van der Waals surface area (Å²) in [7, 11) is 0. The minimum atomic E-state index is -2.18. The summed E-state index contributed by atoms with van der Waals surface area (Å²) in [5.74, 6) is 0. The summed E-state index contributed by atoms with van der Waals surface area (Å²) in [6.45, 7) is -0.967. The first-order chi connectivity index (χ1) is 6.55. The van der Waals surface area contributed by atoms with Gasteiger partial charge in [0.2, 0.25) is 0 Å². The highest BCUT2D eigenvalue weighted by Crippen LogP contribution is 2.25. The van der Waals surface area contributed by atoms with Crippen LogP contribution < -0.4 is 0 Å². The second-order valence-corrected chi connectivity index (χ2v) is 3.04. The average Bonchev–Trinajstić information content (AvgIpc) is 2.16. The Morgan fingerprint density at radius 2 is 2.21 bits per heavy atom. The van der Waals surface area contributed by atoms with Gasteiger partial charge in [0.15, 0.2) is 5.72 Å². The molecule has 0 spiro atoms. The maximum Gasteiger partial charge on any atom is 0.195 e. The van der Waals surface area contributed by atoms with Crippen molar-refractivity contribution in [1.29, 1.82) is 0 Å². The van der Waals surface area contributed by atoms with Crippen LogP contribution in [0.2, 0.25) is 0 Å². The fourth-order valence-electron chi connectivity index (χ4n) is 1.22. The van der Waals surface area contributed by atoms with Gasteiger partial charge in [0.25, 0.3) is 0 Å². The summed E-state index contributed by atoms with van der Waals surface area (Å²) in [6.07, 6.45) is -4.16. The van der Waals surface area contributed by atoms with Crippen LogP contribution in [0.3, 0.4) is 0 Å². The molecule has 1 heterocycles. The molecule has 8 heteroatoms. The van der Waals surface area contributed by atoms with Gasteiger partial charge in [0.05, 0.1) is 13.2 Å². The lowest BCUT2D eigenvalue weighted by Gasteiger charge is -2.39. The van der Waals surface area contributed by atoms with E-state index in [4.69, 9.17) is 15.4 Å². The molecule has 0 amide bonds. The highest BCUT2D eigenvalue weighted by molar-refractivity contribution is 4.96. The maximum atomic E-state index is 9.49. The Labute approximate surface area is 79.0 Å². The van der Waals surface area contributed by atoms with E-state index in [1.807, 2.05) is 0 Å². The Bertz CT molecular complexity index is 256. The van der Waals surface area contributed by atoms with Crippen molar-refractivity contribution < 1.29 is 25.2 Å². The molecule has 1 fully saturated rings. The Hall–Kier alpha value is -0.890. The number of hydrogen-bond acceptors (Lipinski definition) is 6. The Morgan fingerprint density at radius 1 is 1.57 bits per heavy atom. The fourth-order valence-corrected chi connectivity index (χ4v) is 1.22. The van der Waals surface area contributed by atoms with E-state index in [0.29, 0.717) is 0 Å². The molecule has 0 aromatic heterocycles. The molecule has 4 atom stereocenters. The molecule has 0 radical (unpaired) electrons. The lowest BCUT2D eigenvalue weighted by Crippen LogP contribution is -2.60. The number of rotatable bonds is 2. The maximum absolute atomic E-state index is 9.49. The zero-order chi connectivity index (χ0) is 10.8. The van der Waals surface area contributed by atoms with Gasteiger partial charge in [0.1, 0.15) is 18.3 Å². The highest BCUT2D eigenvalue weighted by atomic mass is 16.5. The van der Waals surface area contributed by atoms with Crippen molar-refractivity contribution in [2.24, 2.45) is 5.11 Å². The van der Waals surface area contributed by atoms with Gasteiger partial charge in [-0.25, -0.2) is 0 Å². The van der Waals surface area contributed by atoms with E-state index in [9.17, 15) is 15.3 Å². The molecule has 1 aliphatic rings. The van der Waals surface area contributed by atoms with Crippen molar-refractivity contribution in [3.63, 3.8) is 0 Å². The van der Waals surface area contributed by atoms with Crippen molar-refractivity contribution in [2.75, 3.05) is 13.2 Å². The SMILES string of the molecule is [N-]=[N+]=N[C@]1(O)CO[C@H](CO)[C@H](O)[C@@H]1O. The van der Waals surface area contributed by atoms with Crippen LogP contribution in [0.5, 0.6) is 0 Å². The number of azide groups is 1. The summed E-state index contributed by atoms with van der Waals surface area (Å²) >= 11 is 0. The molecule has 1 aliphatic heterocycles. The van der Waals surface area contributed by atoms with E-state index in [1.165, 1.54) is 0 Å². The predicted molar refractivity (Wildman–Crippen MR) is 42.9 cm³/mol. The topological polar surface area (TPSA) is 139 Å². The van der Waals surface area contributed by atoms with E-state index in [1.54, 1.807) is 0 Å². The van der Waals surface area contributed by atoms with Crippen LogP contribution in [0.25, 0.3) is 10.4 Å². The zero-order valence-electron chi connectivity index (χ0n) is 7.19. The van der Waals surface area contributed by atoms with Gasteiger partial charge in [-0.1, -0.05) is 5.11 Å². The molecule has 0 aliphatic carbocycles. The molecule has 0 aromatic carbocycles. The molecule has 0 saturated carbocycles. The molecule has 0 unspecified atom stereocenters. The van der Waals surface area contributed by atoms with Gasteiger partial charge in [-0.15, -0.1) is 0 Å². The van der Waals surface area contributed by atoms with Crippen molar-refractivity contribution in [1.82, 2.24) is 0 Å². The normalized spacial score (nSPS) is 43.0. The zero-order valence-corrected chi connectivity index (χ0v) is 7.19. The molecule has 1 saturated heterocycles. The molecule has 0 bridgehead atoms. The van der Waals surface area contributed by atoms with Crippen molar-refractivity contribution in [3.05, 3.63) is 10.4 Å². The first kappa shape index (κ1) is 11.2. The van der Waals surface area contributed by atoms with E-state index in [0.717, 1.165) is 0 Å². The quantitative estimate of drug-likeness (QED) is 0.237. The van der Waals surface area contributed by atoms with E-state index >= 15 is 0 Å². The average molecular weight is 205 g/mol. The predicted octanol–water partition coefficient (Wildman–Crippen LogP) is -1.90. The Balaban J connectivity index is 2.82. The number of aliphatic hydroxyl groups is 4. The lowest BCUT2D eigenvalue weighted by atomic mass is 9.96. The largest absolute Gasteiger partial charge is 0.394 e. The second kappa shape index (κ2) is 4.09. The molecule has 14 heavy (non-hydrogen) atoms. The molecule has 8 nitrogen and oxygen atoms in total. The molecule has 4 N–H and O–H groups in total. The van der Waals surface area contributed by atoms with Crippen LogP contribution in [-0.2, 0) is 4.74 Å². The van der Waals surface area contributed by atoms with Crippen LogP contribution in [0.15, 0.2) is 5.11 Å². The molecule has 1 rings (SSSR count). The van der Waals surface area contributed by atoms with Crippen LogP contribution in [0, 0.1) is 0 Å². The minimum absolute atomic E-state index is 0.472. The van der Waals surface area contributed by atoms with Crippen LogP contribution >= 0.6 is 0 Å². The van der Waals surface area contributed by atoms with Crippen molar-refractivity contribution >= 4 is 0 Å². The van der Waals surface area contributed by atoms with Gasteiger partial charge in [-0.2, -0.15) is 0 Å². The number of hydrogen-bond donors (Lipinski definition) is 4. The van der Waals surface area contributed by atoms with Crippen LogP contribution in [0.4, 0.5) is 0 Å². The molecular weight excluding hydrogens is 194 g/mol. The van der Waals surface area contributed by atoms with Crippen molar-refractivity contribution in [3.8, 4) is 0 Å². The summed E-state index contributed by atoms with van der Waals surface area (Å²) in [6, 6.07) is 0. The van der Waals surface area contributed by atoms with Crippen LogP contribution in [-0.4, -0.2) is 57.7 Å². The lowest BCUT2D eigenvalue weighted by molar-refractivity contribution is -0.237. The standard InChI is InChI=1S/C6H11N3O5/c7-9-8-6(13)2-14-3(1-10)4(11)5(6)12/h3-5,10-13H,1-2H2/t3-,4+,5+,6+/m1/s1. The van der Waals surface area contributed by atoms with Gasteiger partial charge in [0, 0.05) is 4.91 Å². The van der Waals surface area contributed by atoms with E-state index in [2.05, 4.69) is 10.0 Å². The van der Waals surface area contributed by atoms with Gasteiger partial charge in [-0.05, 0) is 5.53 Å². The highest BCUT2D eigenvalue weighted by Gasteiger charge is 2.47.